The van der Waals surface area contributed by atoms with Crippen LogP contribution in [0.5, 0.6) is 0 Å². The Morgan fingerprint density at radius 1 is 1.33 bits per heavy atom. The maximum absolute atomic E-state index is 12.2. The summed E-state index contributed by atoms with van der Waals surface area (Å²) in [6.07, 6.45) is 3.82. The zero-order valence-electron chi connectivity index (χ0n) is 12.0. The molecule has 1 aliphatic heterocycles. The van der Waals surface area contributed by atoms with Crippen molar-refractivity contribution < 1.29 is 9.84 Å². The fraction of sp³-hybridized carbons (Fsp3) is 0.733. The molecule has 1 aromatic rings. The quantitative estimate of drug-likeness (QED) is 0.806. The summed E-state index contributed by atoms with van der Waals surface area (Å²) in [6.45, 7) is 2.54. The monoisotopic (exact) mass is 292 g/mol. The predicted molar refractivity (Wildman–Crippen MR) is 75.1 cm³/mol. The van der Waals surface area contributed by atoms with Crippen molar-refractivity contribution in [1.29, 1.82) is 0 Å². The molecular formula is C15H20N2O4. The number of rotatable bonds is 2. The van der Waals surface area contributed by atoms with Crippen molar-refractivity contribution >= 4 is 0 Å². The first-order valence-electron chi connectivity index (χ1n) is 7.66. The van der Waals surface area contributed by atoms with E-state index in [4.69, 9.17) is 4.74 Å². The van der Waals surface area contributed by atoms with Gasteiger partial charge in [0.05, 0.1) is 18.8 Å². The van der Waals surface area contributed by atoms with E-state index in [0.717, 1.165) is 12.8 Å². The number of fused-ring (bicyclic) bond motifs is 1. The first-order valence-corrected chi connectivity index (χ1v) is 7.66. The van der Waals surface area contributed by atoms with Gasteiger partial charge in [-0.2, -0.15) is 0 Å². The second-order valence-electron chi connectivity index (χ2n) is 6.68. The van der Waals surface area contributed by atoms with Gasteiger partial charge in [0.25, 0.3) is 5.56 Å². The van der Waals surface area contributed by atoms with E-state index >= 15 is 0 Å². The summed E-state index contributed by atoms with van der Waals surface area (Å²) in [4.78, 5) is 26.2. The third-order valence-corrected chi connectivity index (χ3v) is 5.84. The molecule has 6 heteroatoms. The maximum atomic E-state index is 12.2. The third-order valence-electron chi connectivity index (χ3n) is 5.84. The van der Waals surface area contributed by atoms with Gasteiger partial charge in [0.1, 0.15) is 0 Å². The van der Waals surface area contributed by atoms with Gasteiger partial charge in [-0.3, -0.25) is 14.3 Å². The number of hydrogen-bond donors (Lipinski definition) is 2. The number of aliphatic hydroxyl groups excluding tert-OH is 1. The molecule has 0 radical (unpaired) electrons. The molecule has 0 aromatic carbocycles. The fourth-order valence-corrected chi connectivity index (χ4v) is 4.91. The minimum atomic E-state index is -0.369. The van der Waals surface area contributed by atoms with Crippen molar-refractivity contribution in [2.45, 2.75) is 31.9 Å². The summed E-state index contributed by atoms with van der Waals surface area (Å²) < 4.78 is 7.61. The summed E-state index contributed by atoms with van der Waals surface area (Å²) in [7, 11) is 0. The first-order chi connectivity index (χ1) is 10.1. The van der Waals surface area contributed by atoms with Gasteiger partial charge in [-0.15, -0.1) is 0 Å². The standard InChI is InChI=1S/C15H20N2O4/c1-7-4-17(15(20)16-14(7)19)12-8-2-3-9-11(10(8)5-18)6-21-13(9)12/h4,8-13,18H,2-3,5-6H2,1H3,(H,16,19,20). The number of nitrogens with one attached hydrogen (secondary N) is 1. The van der Waals surface area contributed by atoms with E-state index in [9.17, 15) is 14.7 Å². The smallest absolute Gasteiger partial charge is 0.328 e. The third kappa shape index (κ3) is 1.72. The van der Waals surface area contributed by atoms with Crippen molar-refractivity contribution in [2.24, 2.45) is 23.7 Å². The van der Waals surface area contributed by atoms with E-state index in [2.05, 4.69) is 4.98 Å². The van der Waals surface area contributed by atoms with E-state index in [-0.39, 0.29) is 41.8 Å². The molecule has 5 rings (SSSR count). The van der Waals surface area contributed by atoms with Gasteiger partial charge in [-0.05, 0) is 43.4 Å². The summed E-state index contributed by atoms with van der Waals surface area (Å²) in [5, 5.41) is 9.77. The second kappa shape index (κ2) is 4.55. The SMILES string of the molecule is Cc1cn(C2C3CCC4C(COC42)C3CO)c(=O)[nH]c1=O. The summed E-state index contributed by atoms with van der Waals surface area (Å²) >= 11 is 0. The van der Waals surface area contributed by atoms with Crippen LogP contribution in [-0.2, 0) is 4.74 Å². The lowest BCUT2D eigenvalue weighted by Gasteiger charge is -2.51. The Morgan fingerprint density at radius 3 is 2.86 bits per heavy atom. The zero-order chi connectivity index (χ0) is 14.7. The van der Waals surface area contributed by atoms with Crippen molar-refractivity contribution in [3.05, 3.63) is 32.6 Å². The minimum Gasteiger partial charge on any atom is -0.396 e. The predicted octanol–water partition coefficient (Wildman–Crippen LogP) is 0.0494. The van der Waals surface area contributed by atoms with Crippen LogP contribution in [-0.4, -0.2) is 34.0 Å². The number of nitrogens with zero attached hydrogens (tertiary/aromatic N) is 1. The molecule has 3 aliphatic carbocycles. The number of aromatic nitrogens is 2. The molecule has 0 amide bonds. The highest BCUT2D eigenvalue weighted by Crippen LogP contribution is 2.57. The summed E-state index contributed by atoms with van der Waals surface area (Å²) in [5.74, 6) is 1.30. The Kier molecular flexibility index (Phi) is 2.87. The Balaban J connectivity index is 1.83. The van der Waals surface area contributed by atoms with Gasteiger partial charge in [0.2, 0.25) is 0 Å². The molecule has 2 heterocycles. The maximum Gasteiger partial charge on any atom is 0.328 e. The highest BCUT2D eigenvalue weighted by Gasteiger charge is 2.58. The lowest BCUT2D eigenvalue weighted by molar-refractivity contribution is -0.0615. The first kappa shape index (κ1) is 13.3. The topological polar surface area (TPSA) is 84.3 Å². The fourth-order valence-electron chi connectivity index (χ4n) is 4.91. The Labute approximate surface area is 121 Å². The van der Waals surface area contributed by atoms with Gasteiger partial charge < -0.3 is 9.84 Å². The normalized spacial score (nSPS) is 40.7. The minimum absolute atomic E-state index is 0.0413. The highest BCUT2D eigenvalue weighted by atomic mass is 16.5. The Hall–Kier alpha value is -1.40. The van der Waals surface area contributed by atoms with E-state index < -0.39 is 0 Å². The van der Waals surface area contributed by atoms with Crippen LogP contribution >= 0.6 is 0 Å². The average molecular weight is 292 g/mol. The molecule has 6 atom stereocenters. The van der Waals surface area contributed by atoms with Gasteiger partial charge in [0, 0.05) is 18.4 Å². The van der Waals surface area contributed by atoms with Crippen LogP contribution in [0.4, 0.5) is 0 Å². The number of hydrogen-bond acceptors (Lipinski definition) is 4. The van der Waals surface area contributed by atoms with E-state index in [1.54, 1.807) is 17.7 Å². The largest absolute Gasteiger partial charge is 0.396 e. The van der Waals surface area contributed by atoms with Crippen LogP contribution in [0.3, 0.4) is 0 Å². The van der Waals surface area contributed by atoms with Crippen LogP contribution in [0.1, 0.15) is 24.4 Å². The molecule has 21 heavy (non-hydrogen) atoms. The van der Waals surface area contributed by atoms with Gasteiger partial charge >= 0.3 is 5.69 Å². The van der Waals surface area contributed by atoms with E-state index in [1.807, 2.05) is 0 Å². The van der Waals surface area contributed by atoms with Gasteiger partial charge in [-0.1, -0.05) is 0 Å². The molecule has 3 saturated carbocycles. The number of aliphatic hydroxyl groups is 1. The van der Waals surface area contributed by atoms with E-state index in [0.29, 0.717) is 24.0 Å². The molecule has 114 valence electrons. The van der Waals surface area contributed by atoms with Crippen LogP contribution in [0.25, 0.3) is 0 Å². The number of H-pyrrole nitrogens is 1. The molecule has 1 aromatic heterocycles. The highest BCUT2D eigenvalue weighted by molar-refractivity contribution is 5.10. The molecule has 4 bridgehead atoms. The lowest BCUT2D eigenvalue weighted by atomic mass is 9.57. The summed E-state index contributed by atoms with van der Waals surface area (Å²) in [6, 6.07) is -0.0669. The molecule has 6 unspecified atom stereocenters. The Morgan fingerprint density at radius 2 is 2.10 bits per heavy atom. The number of ether oxygens (including phenoxy) is 1. The van der Waals surface area contributed by atoms with Crippen LogP contribution in [0.2, 0.25) is 0 Å². The number of aromatic amines is 1. The molecule has 4 fully saturated rings. The molecule has 0 spiro atoms. The van der Waals surface area contributed by atoms with Crippen LogP contribution in [0.15, 0.2) is 15.8 Å². The summed E-state index contributed by atoms with van der Waals surface area (Å²) in [5.41, 5.74) is -0.167. The Bertz CT molecular complexity index is 679. The molecule has 6 nitrogen and oxygen atoms in total. The van der Waals surface area contributed by atoms with Crippen molar-refractivity contribution in [2.75, 3.05) is 13.2 Å². The lowest BCUT2D eigenvalue weighted by Crippen LogP contribution is -2.54. The van der Waals surface area contributed by atoms with Crippen molar-refractivity contribution in [3.8, 4) is 0 Å². The second-order valence-corrected chi connectivity index (χ2v) is 6.68. The molecular weight excluding hydrogens is 272 g/mol. The van der Waals surface area contributed by atoms with Crippen LogP contribution < -0.4 is 11.2 Å². The molecule has 1 saturated heterocycles. The molecule has 4 aliphatic rings. The molecule has 2 N–H and O–H groups in total. The van der Waals surface area contributed by atoms with Crippen molar-refractivity contribution in [1.82, 2.24) is 9.55 Å². The van der Waals surface area contributed by atoms with Crippen LogP contribution in [0, 0.1) is 30.6 Å². The zero-order valence-corrected chi connectivity index (χ0v) is 12.0. The number of aryl methyl sites for hydroxylation is 1. The van der Waals surface area contributed by atoms with Gasteiger partial charge in [-0.25, -0.2) is 4.79 Å². The van der Waals surface area contributed by atoms with E-state index in [1.165, 1.54) is 0 Å². The van der Waals surface area contributed by atoms with Gasteiger partial charge in [0.15, 0.2) is 0 Å². The average Bonchev–Trinajstić information content (AvgIpc) is 2.84. The van der Waals surface area contributed by atoms with Crippen molar-refractivity contribution in [3.63, 3.8) is 0 Å².